The molecule has 0 aliphatic carbocycles. The monoisotopic (exact) mass is 520 g/mol. The first-order valence-electron chi connectivity index (χ1n) is 15.1. The van der Waals surface area contributed by atoms with E-state index in [1.54, 1.807) is 0 Å². The van der Waals surface area contributed by atoms with Crippen LogP contribution in [0.5, 0.6) is 0 Å². The van der Waals surface area contributed by atoms with Crippen molar-refractivity contribution in [2.24, 2.45) is 0 Å². The lowest BCUT2D eigenvalue weighted by atomic mass is 9.77. The van der Waals surface area contributed by atoms with E-state index in [1.807, 2.05) is 0 Å². The lowest BCUT2D eigenvalue weighted by molar-refractivity contribution is 0.00578. The molecule has 0 aromatic heterocycles. The number of benzene rings is 3. The third-order valence-corrected chi connectivity index (χ3v) is 8.31. The van der Waals surface area contributed by atoms with Gasteiger partial charge in [-0.1, -0.05) is 119 Å². The van der Waals surface area contributed by atoms with Gasteiger partial charge in [0.25, 0.3) is 0 Å². The standard InChI is InChI=1S/C36H45BO2/c1-7-9-11-13-15-17-21-31-29-23-19-20-24-30(29)32(22-18-16-14-12-10-8-2)34-27-28(25-26-33(31)34)37-38-35(3,4)36(5,6)39-37/h19-20,23-27H,7-16H2,1-6H3. The van der Waals surface area contributed by atoms with Gasteiger partial charge >= 0.3 is 7.12 Å². The van der Waals surface area contributed by atoms with Gasteiger partial charge in [0.2, 0.25) is 0 Å². The molecule has 0 spiro atoms. The molecule has 0 radical (unpaired) electrons. The van der Waals surface area contributed by atoms with Crippen LogP contribution >= 0.6 is 0 Å². The van der Waals surface area contributed by atoms with Gasteiger partial charge in [0.05, 0.1) is 11.2 Å². The van der Waals surface area contributed by atoms with Gasteiger partial charge < -0.3 is 9.31 Å². The first-order chi connectivity index (χ1) is 18.8. The van der Waals surface area contributed by atoms with E-state index in [2.05, 4.69) is 108 Å². The van der Waals surface area contributed by atoms with Gasteiger partial charge in [-0.05, 0) is 67.5 Å². The van der Waals surface area contributed by atoms with Crippen LogP contribution in [-0.4, -0.2) is 18.3 Å². The maximum atomic E-state index is 6.42. The maximum Gasteiger partial charge on any atom is 0.494 e. The van der Waals surface area contributed by atoms with Crippen LogP contribution < -0.4 is 5.46 Å². The Balaban J connectivity index is 1.82. The highest BCUT2D eigenvalue weighted by Gasteiger charge is 2.51. The molecule has 0 N–H and O–H groups in total. The van der Waals surface area contributed by atoms with Gasteiger partial charge in [-0.3, -0.25) is 0 Å². The molecular weight excluding hydrogens is 475 g/mol. The summed E-state index contributed by atoms with van der Waals surface area (Å²) < 4.78 is 12.8. The zero-order valence-electron chi connectivity index (χ0n) is 25.0. The first-order valence-corrected chi connectivity index (χ1v) is 15.1. The van der Waals surface area contributed by atoms with Crippen molar-refractivity contribution in [1.82, 2.24) is 0 Å². The van der Waals surface area contributed by atoms with E-state index in [0.717, 1.165) is 53.0 Å². The largest absolute Gasteiger partial charge is 0.494 e. The Morgan fingerprint density at radius 1 is 0.615 bits per heavy atom. The smallest absolute Gasteiger partial charge is 0.399 e. The highest BCUT2D eigenvalue weighted by molar-refractivity contribution is 6.62. The van der Waals surface area contributed by atoms with Crippen molar-refractivity contribution in [2.75, 3.05) is 0 Å². The normalized spacial score (nSPS) is 15.7. The fourth-order valence-corrected chi connectivity index (χ4v) is 5.17. The van der Waals surface area contributed by atoms with Gasteiger partial charge in [0, 0.05) is 24.0 Å². The topological polar surface area (TPSA) is 18.5 Å². The van der Waals surface area contributed by atoms with E-state index in [-0.39, 0.29) is 11.2 Å². The molecule has 2 nitrogen and oxygen atoms in total. The van der Waals surface area contributed by atoms with Crippen LogP contribution in [0.3, 0.4) is 0 Å². The van der Waals surface area contributed by atoms with Crippen LogP contribution in [-0.2, 0) is 9.31 Å². The molecule has 0 amide bonds. The van der Waals surface area contributed by atoms with Crippen molar-refractivity contribution < 1.29 is 9.31 Å². The van der Waals surface area contributed by atoms with Crippen LogP contribution in [0.2, 0.25) is 0 Å². The van der Waals surface area contributed by atoms with Crippen LogP contribution in [0.1, 0.15) is 117 Å². The fraction of sp³-hybridized carbons (Fsp3) is 0.500. The van der Waals surface area contributed by atoms with Crippen LogP contribution in [0.25, 0.3) is 21.5 Å². The first kappa shape index (κ1) is 29.3. The lowest BCUT2D eigenvalue weighted by Crippen LogP contribution is -2.41. The minimum atomic E-state index is -0.408. The number of rotatable bonds is 9. The second-order valence-electron chi connectivity index (χ2n) is 11.9. The summed E-state index contributed by atoms with van der Waals surface area (Å²) in [5, 5.41) is 4.65. The average molecular weight is 521 g/mol. The van der Waals surface area contributed by atoms with Gasteiger partial charge in [-0.25, -0.2) is 0 Å². The van der Waals surface area contributed by atoms with Gasteiger partial charge in [-0.15, -0.1) is 0 Å². The van der Waals surface area contributed by atoms with Crippen molar-refractivity contribution in [3.05, 3.63) is 53.6 Å². The Hall–Kier alpha value is -2.72. The summed E-state index contributed by atoms with van der Waals surface area (Å²) in [6.07, 6.45) is 11.7. The maximum absolute atomic E-state index is 6.42. The van der Waals surface area contributed by atoms with Gasteiger partial charge in [0.1, 0.15) is 0 Å². The summed E-state index contributed by atoms with van der Waals surface area (Å²) >= 11 is 0. The van der Waals surface area contributed by atoms with Crippen LogP contribution in [0.15, 0.2) is 42.5 Å². The molecule has 3 aromatic rings. The Morgan fingerprint density at radius 3 is 1.62 bits per heavy atom. The number of hydrogen-bond acceptors (Lipinski definition) is 2. The van der Waals surface area contributed by atoms with Crippen LogP contribution in [0, 0.1) is 23.7 Å². The Morgan fingerprint density at radius 2 is 1.10 bits per heavy atom. The molecule has 1 fully saturated rings. The zero-order valence-corrected chi connectivity index (χ0v) is 25.0. The van der Waals surface area contributed by atoms with Crippen molar-refractivity contribution in [2.45, 2.75) is 117 Å². The molecule has 3 heteroatoms. The molecule has 3 aromatic carbocycles. The summed E-state index contributed by atoms with van der Waals surface area (Å²) in [5.74, 6) is 14.2. The highest BCUT2D eigenvalue weighted by atomic mass is 16.7. The summed E-state index contributed by atoms with van der Waals surface area (Å²) in [5.41, 5.74) is 2.45. The summed E-state index contributed by atoms with van der Waals surface area (Å²) in [4.78, 5) is 0. The molecule has 0 saturated carbocycles. The van der Waals surface area contributed by atoms with E-state index in [9.17, 15) is 0 Å². The Kier molecular flexibility index (Phi) is 9.83. The number of unbranched alkanes of at least 4 members (excludes halogenated alkanes) is 8. The van der Waals surface area contributed by atoms with E-state index in [1.165, 1.54) is 49.3 Å². The van der Waals surface area contributed by atoms with Crippen molar-refractivity contribution in [1.29, 1.82) is 0 Å². The van der Waals surface area contributed by atoms with E-state index < -0.39 is 7.12 Å². The van der Waals surface area contributed by atoms with E-state index >= 15 is 0 Å². The van der Waals surface area contributed by atoms with Crippen LogP contribution in [0.4, 0.5) is 0 Å². The minimum absolute atomic E-state index is 0.383. The van der Waals surface area contributed by atoms with Gasteiger partial charge in [-0.2, -0.15) is 0 Å². The molecule has 0 unspecified atom stereocenters. The molecule has 204 valence electrons. The molecule has 1 aliphatic rings. The summed E-state index contributed by atoms with van der Waals surface area (Å²) in [6, 6.07) is 15.2. The predicted molar refractivity (Wildman–Crippen MR) is 168 cm³/mol. The summed E-state index contributed by atoms with van der Waals surface area (Å²) in [6.45, 7) is 12.9. The molecule has 39 heavy (non-hydrogen) atoms. The van der Waals surface area contributed by atoms with Crippen molar-refractivity contribution in [3.63, 3.8) is 0 Å². The number of fused-ring (bicyclic) bond motifs is 2. The lowest BCUT2D eigenvalue weighted by Gasteiger charge is -2.32. The average Bonchev–Trinajstić information content (AvgIpc) is 3.14. The quantitative estimate of drug-likeness (QED) is 0.121. The Bertz CT molecular complexity index is 1390. The molecule has 0 atom stereocenters. The van der Waals surface area contributed by atoms with Crippen molar-refractivity contribution in [3.8, 4) is 23.7 Å². The minimum Gasteiger partial charge on any atom is -0.399 e. The predicted octanol–water partition coefficient (Wildman–Crippen LogP) is 8.94. The second kappa shape index (κ2) is 13.1. The highest BCUT2D eigenvalue weighted by Crippen LogP contribution is 2.37. The number of hydrogen-bond donors (Lipinski definition) is 0. The molecule has 1 heterocycles. The van der Waals surface area contributed by atoms with E-state index in [0.29, 0.717) is 0 Å². The second-order valence-corrected chi connectivity index (χ2v) is 11.9. The van der Waals surface area contributed by atoms with Gasteiger partial charge in [0.15, 0.2) is 0 Å². The molecule has 0 bridgehead atoms. The fourth-order valence-electron chi connectivity index (χ4n) is 5.17. The molecule has 1 aliphatic heterocycles. The molecular formula is C36H45BO2. The molecule has 1 saturated heterocycles. The zero-order chi connectivity index (χ0) is 27.9. The van der Waals surface area contributed by atoms with E-state index in [4.69, 9.17) is 9.31 Å². The SMILES string of the molecule is CCCCCCC#Cc1c2ccccc2c(C#CCCCCCC)c2cc(B3OC(C)(C)C(C)(C)O3)ccc12. The third-order valence-electron chi connectivity index (χ3n) is 8.31. The van der Waals surface area contributed by atoms with Crippen molar-refractivity contribution >= 4 is 34.1 Å². The third kappa shape index (κ3) is 6.72. The Labute approximate surface area is 237 Å². The molecule has 4 rings (SSSR count). The summed E-state index contributed by atoms with van der Waals surface area (Å²) in [7, 11) is -0.408.